The minimum absolute atomic E-state index is 0.0949. The second kappa shape index (κ2) is 12.3. The van der Waals surface area contributed by atoms with Crippen molar-refractivity contribution in [3.05, 3.63) is 36.5 Å². The molecule has 0 radical (unpaired) electrons. The van der Waals surface area contributed by atoms with Gasteiger partial charge in [-0.15, -0.1) is 0 Å². The molecule has 1 aliphatic rings. The number of hydrogen-bond acceptors (Lipinski definition) is 3. The fourth-order valence-corrected chi connectivity index (χ4v) is 3.16. The van der Waals surface area contributed by atoms with E-state index in [0.717, 1.165) is 24.3 Å². The standard InChI is InChI=1S/C23H33F6N3O/c1-5-9-18(10-6-2)23(28,29)19(15-17-11-7-12-17)31-32(4)16-30-20(33)13-8-14-22(26,27)21(3,24)25/h5-6,9-10,17H,1,7-8,11-16H2,2-4H3,(H,30,33)/b10-6-,18-9+,31-19+. The quantitative estimate of drug-likeness (QED) is 0.104. The number of rotatable bonds is 14. The SMILES string of the molecule is C=C/C=C(\C=C/C)C(F)(F)/C(CC1CCC1)=N/N(C)CNC(=O)CCCC(F)(F)C(C)(F)F. The van der Waals surface area contributed by atoms with Crippen molar-refractivity contribution in [1.29, 1.82) is 0 Å². The zero-order valence-corrected chi connectivity index (χ0v) is 19.3. The predicted octanol–water partition coefficient (Wildman–Crippen LogP) is 6.32. The van der Waals surface area contributed by atoms with E-state index in [1.165, 1.54) is 31.4 Å². The molecular weight excluding hydrogens is 448 g/mol. The van der Waals surface area contributed by atoms with E-state index in [1.807, 2.05) is 0 Å². The maximum atomic E-state index is 15.2. The summed E-state index contributed by atoms with van der Waals surface area (Å²) in [4.78, 5) is 11.9. The third-order valence-electron chi connectivity index (χ3n) is 5.41. The van der Waals surface area contributed by atoms with Gasteiger partial charge in [-0.3, -0.25) is 9.80 Å². The average molecular weight is 482 g/mol. The number of halogens is 6. The summed E-state index contributed by atoms with van der Waals surface area (Å²) in [6.07, 6.45) is 6.02. The summed E-state index contributed by atoms with van der Waals surface area (Å²) >= 11 is 0. The van der Waals surface area contributed by atoms with Gasteiger partial charge in [-0.2, -0.15) is 22.7 Å². The van der Waals surface area contributed by atoms with Gasteiger partial charge >= 0.3 is 17.8 Å². The van der Waals surface area contributed by atoms with Crippen molar-refractivity contribution in [2.24, 2.45) is 11.0 Å². The van der Waals surface area contributed by atoms with Crippen LogP contribution >= 0.6 is 0 Å². The highest BCUT2D eigenvalue weighted by Crippen LogP contribution is 2.38. The Balaban J connectivity index is 2.78. The minimum atomic E-state index is -4.21. The summed E-state index contributed by atoms with van der Waals surface area (Å²) < 4.78 is 82.7. The Morgan fingerprint density at radius 2 is 1.85 bits per heavy atom. The number of amides is 1. The number of carbonyl (C=O) groups is 1. The van der Waals surface area contributed by atoms with Gasteiger partial charge in [0.2, 0.25) is 5.91 Å². The molecule has 0 atom stereocenters. The van der Waals surface area contributed by atoms with E-state index in [0.29, 0.717) is 0 Å². The number of hydrazone groups is 1. The maximum Gasteiger partial charge on any atom is 0.312 e. The third-order valence-corrected chi connectivity index (χ3v) is 5.41. The van der Waals surface area contributed by atoms with Crippen molar-refractivity contribution in [3.63, 3.8) is 0 Å². The summed E-state index contributed by atoms with van der Waals surface area (Å²) in [5, 5.41) is 7.55. The Hall–Kier alpha value is -2.26. The summed E-state index contributed by atoms with van der Waals surface area (Å²) in [5.74, 6) is -12.3. The van der Waals surface area contributed by atoms with E-state index in [9.17, 15) is 22.4 Å². The molecule has 0 aliphatic heterocycles. The molecular formula is C23H33F6N3O. The molecule has 0 unspecified atom stereocenters. The molecule has 10 heteroatoms. The first-order valence-electron chi connectivity index (χ1n) is 10.9. The maximum absolute atomic E-state index is 15.2. The van der Waals surface area contributed by atoms with Crippen LogP contribution in [0.25, 0.3) is 0 Å². The van der Waals surface area contributed by atoms with Gasteiger partial charge in [-0.05, 0) is 25.7 Å². The lowest BCUT2D eigenvalue weighted by molar-refractivity contribution is -0.201. The molecule has 0 aromatic heterocycles. The van der Waals surface area contributed by atoms with Crippen molar-refractivity contribution in [2.75, 3.05) is 13.7 Å². The number of allylic oxidation sites excluding steroid dienone is 5. The minimum Gasteiger partial charge on any atom is -0.337 e. The molecule has 1 rings (SSSR count). The van der Waals surface area contributed by atoms with E-state index < -0.39 is 42.9 Å². The molecule has 0 spiro atoms. The number of carbonyl (C=O) groups excluding carboxylic acids is 1. The predicted molar refractivity (Wildman–Crippen MR) is 118 cm³/mol. The summed E-state index contributed by atoms with van der Waals surface area (Å²) in [6, 6.07) is 0. The van der Waals surface area contributed by atoms with E-state index in [2.05, 4.69) is 17.0 Å². The monoisotopic (exact) mass is 481 g/mol. The van der Waals surface area contributed by atoms with E-state index >= 15 is 8.78 Å². The summed E-state index contributed by atoms with van der Waals surface area (Å²) in [5.41, 5.74) is -0.607. The second-order valence-corrected chi connectivity index (χ2v) is 8.34. The first-order chi connectivity index (χ1) is 15.2. The van der Waals surface area contributed by atoms with Crippen molar-refractivity contribution >= 4 is 11.6 Å². The van der Waals surface area contributed by atoms with Gasteiger partial charge in [0.25, 0.3) is 0 Å². The molecule has 33 heavy (non-hydrogen) atoms. The lowest BCUT2D eigenvalue weighted by atomic mass is 9.80. The molecule has 1 N–H and O–H groups in total. The Labute approximate surface area is 191 Å². The largest absolute Gasteiger partial charge is 0.337 e. The van der Waals surface area contributed by atoms with Gasteiger partial charge < -0.3 is 5.32 Å². The van der Waals surface area contributed by atoms with Gasteiger partial charge in [0, 0.05) is 32.4 Å². The fourth-order valence-electron chi connectivity index (χ4n) is 3.16. The zero-order valence-electron chi connectivity index (χ0n) is 19.3. The van der Waals surface area contributed by atoms with Crippen molar-refractivity contribution in [1.82, 2.24) is 10.3 Å². The number of hydrogen-bond donors (Lipinski definition) is 1. The van der Waals surface area contributed by atoms with E-state index in [4.69, 9.17) is 0 Å². The molecule has 1 amide bonds. The molecule has 1 aliphatic carbocycles. The Kier molecular flexibility index (Phi) is 10.7. The van der Waals surface area contributed by atoms with Crippen LogP contribution in [-0.2, 0) is 4.79 Å². The molecule has 0 aromatic rings. The lowest BCUT2D eigenvalue weighted by Crippen LogP contribution is -2.39. The molecule has 0 aromatic carbocycles. The van der Waals surface area contributed by atoms with Crippen LogP contribution in [0, 0.1) is 5.92 Å². The molecule has 0 bridgehead atoms. The molecule has 4 nitrogen and oxygen atoms in total. The van der Waals surface area contributed by atoms with Gasteiger partial charge in [0.1, 0.15) is 12.4 Å². The Morgan fingerprint density at radius 1 is 1.21 bits per heavy atom. The van der Waals surface area contributed by atoms with Crippen LogP contribution in [-0.4, -0.2) is 48.1 Å². The fraction of sp³-hybridized carbons (Fsp3) is 0.652. The van der Waals surface area contributed by atoms with Crippen LogP contribution in [0.15, 0.2) is 41.6 Å². The highest BCUT2D eigenvalue weighted by molar-refractivity contribution is 5.94. The highest BCUT2D eigenvalue weighted by atomic mass is 19.3. The number of nitrogens with one attached hydrogen (secondary N) is 1. The first-order valence-corrected chi connectivity index (χ1v) is 10.9. The number of nitrogens with zero attached hydrogens (tertiary/aromatic N) is 2. The summed E-state index contributed by atoms with van der Waals surface area (Å²) in [6.45, 7) is 4.98. The topological polar surface area (TPSA) is 44.7 Å². The zero-order chi connectivity index (χ0) is 25.3. The Bertz CT molecular complexity index is 752. The van der Waals surface area contributed by atoms with Gasteiger partial charge in [-0.1, -0.05) is 50.1 Å². The molecule has 1 fully saturated rings. The van der Waals surface area contributed by atoms with Gasteiger partial charge in [0.15, 0.2) is 0 Å². The van der Waals surface area contributed by atoms with Crippen LogP contribution in [0.3, 0.4) is 0 Å². The van der Waals surface area contributed by atoms with Crippen LogP contribution in [0.2, 0.25) is 0 Å². The smallest absolute Gasteiger partial charge is 0.312 e. The van der Waals surface area contributed by atoms with Crippen LogP contribution in [0.4, 0.5) is 26.3 Å². The molecule has 188 valence electrons. The second-order valence-electron chi connectivity index (χ2n) is 8.34. The number of alkyl halides is 6. The van der Waals surface area contributed by atoms with E-state index in [-0.39, 0.29) is 37.2 Å². The normalized spacial score (nSPS) is 16.6. The Morgan fingerprint density at radius 3 is 2.33 bits per heavy atom. The van der Waals surface area contributed by atoms with Crippen LogP contribution < -0.4 is 5.32 Å². The lowest BCUT2D eigenvalue weighted by Gasteiger charge is -2.30. The summed E-state index contributed by atoms with van der Waals surface area (Å²) in [7, 11) is 1.40. The van der Waals surface area contributed by atoms with Crippen molar-refractivity contribution < 1.29 is 31.1 Å². The molecule has 1 saturated carbocycles. The van der Waals surface area contributed by atoms with Crippen molar-refractivity contribution in [3.8, 4) is 0 Å². The van der Waals surface area contributed by atoms with Gasteiger partial charge in [0.05, 0.1) is 0 Å². The third kappa shape index (κ3) is 8.89. The van der Waals surface area contributed by atoms with Crippen molar-refractivity contribution in [2.45, 2.75) is 76.6 Å². The average Bonchev–Trinajstić information content (AvgIpc) is 2.66. The molecule has 0 saturated heterocycles. The highest BCUT2D eigenvalue weighted by Gasteiger charge is 2.51. The van der Waals surface area contributed by atoms with Crippen LogP contribution in [0.5, 0.6) is 0 Å². The van der Waals surface area contributed by atoms with Crippen LogP contribution in [0.1, 0.15) is 58.8 Å². The first kappa shape index (κ1) is 28.8. The van der Waals surface area contributed by atoms with E-state index in [1.54, 1.807) is 6.92 Å². The molecule has 0 heterocycles. The van der Waals surface area contributed by atoms with Gasteiger partial charge in [-0.25, -0.2) is 8.78 Å².